The molecule has 13 heteroatoms. The lowest BCUT2D eigenvalue weighted by molar-refractivity contribution is -0.143. The maximum atomic E-state index is 13.1. The number of imidazole rings is 1. The zero-order chi connectivity index (χ0) is 26.5. The minimum atomic E-state index is -1.45. The van der Waals surface area contributed by atoms with Crippen LogP contribution < -0.4 is 27.4 Å². The summed E-state index contributed by atoms with van der Waals surface area (Å²) in [6, 6.07) is -4.61. The topological polar surface area (TPSA) is 226 Å². The van der Waals surface area contributed by atoms with Gasteiger partial charge in [0.1, 0.15) is 18.1 Å². The highest BCUT2D eigenvalue weighted by Crippen LogP contribution is 2.10. The third-order valence-corrected chi connectivity index (χ3v) is 5.76. The number of unbranched alkanes of at least 4 members (excludes halogenated alkanes) is 1. The zero-order valence-electron chi connectivity index (χ0n) is 20.5. The number of nitrogens with zero attached hydrogens (tertiary/aromatic N) is 1. The fourth-order valence-electron chi connectivity index (χ4n) is 3.33. The summed E-state index contributed by atoms with van der Waals surface area (Å²) >= 11 is 0. The van der Waals surface area contributed by atoms with Crippen LogP contribution in [0.2, 0.25) is 0 Å². The average molecular weight is 498 g/mol. The number of nitrogens with two attached hydrogens (primary N) is 2. The number of rotatable bonds is 16. The van der Waals surface area contributed by atoms with E-state index in [4.69, 9.17) is 11.5 Å². The van der Waals surface area contributed by atoms with Gasteiger partial charge in [-0.05, 0) is 32.2 Å². The number of aliphatic hydroxyl groups is 1. The highest BCUT2D eigenvalue weighted by Gasteiger charge is 2.34. The summed E-state index contributed by atoms with van der Waals surface area (Å²) in [6.07, 6.45) is 3.72. The largest absolute Gasteiger partial charge is 0.480 e. The highest BCUT2D eigenvalue weighted by atomic mass is 16.4. The number of aliphatic carboxylic acids is 1. The van der Waals surface area contributed by atoms with Crippen molar-refractivity contribution in [3.8, 4) is 0 Å². The summed E-state index contributed by atoms with van der Waals surface area (Å²) in [4.78, 5) is 56.6. The first-order chi connectivity index (χ1) is 16.5. The Morgan fingerprint density at radius 1 is 1.06 bits per heavy atom. The predicted molar refractivity (Wildman–Crippen MR) is 128 cm³/mol. The Morgan fingerprint density at radius 2 is 1.69 bits per heavy atom. The smallest absolute Gasteiger partial charge is 0.326 e. The number of aliphatic hydroxyl groups excluding tert-OH is 1. The van der Waals surface area contributed by atoms with E-state index in [1.165, 1.54) is 19.4 Å². The molecule has 6 atom stereocenters. The summed E-state index contributed by atoms with van der Waals surface area (Å²) in [6.45, 7) is 5.37. The Bertz CT molecular complexity index is 817. The van der Waals surface area contributed by atoms with E-state index in [1.54, 1.807) is 6.92 Å². The van der Waals surface area contributed by atoms with E-state index in [0.717, 1.165) is 6.42 Å². The second kappa shape index (κ2) is 15.1. The Hall–Kier alpha value is -3.03. The van der Waals surface area contributed by atoms with E-state index in [9.17, 15) is 29.4 Å². The summed E-state index contributed by atoms with van der Waals surface area (Å²) in [5, 5.41) is 27.0. The Kier molecular flexibility index (Phi) is 12.9. The van der Waals surface area contributed by atoms with Crippen LogP contribution >= 0.6 is 0 Å². The monoisotopic (exact) mass is 497 g/mol. The van der Waals surface area contributed by atoms with Gasteiger partial charge in [-0.25, -0.2) is 9.78 Å². The SMILES string of the molecule is CCC(C)C(NC(=O)C(N)CCCCN)C(=O)NC(C(=O)NC(Cc1cnc[nH]1)C(=O)O)C(C)O. The molecule has 0 bridgehead atoms. The van der Waals surface area contributed by atoms with Crippen LogP contribution in [0.1, 0.15) is 52.1 Å². The van der Waals surface area contributed by atoms with E-state index in [-0.39, 0.29) is 12.3 Å². The first kappa shape index (κ1) is 30.0. The van der Waals surface area contributed by atoms with Gasteiger partial charge in [0.25, 0.3) is 0 Å². The van der Waals surface area contributed by atoms with E-state index in [0.29, 0.717) is 31.5 Å². The van der Waals surface area contributed by atoms with Crippen LogP contribution in [-0.4, -0.2) is 80.7 Å². The molecule has 0 spiro atoms. The number of carboxylic acids is 1. The van der Waals surface area contributed by atoms with Gasteiger partial charge in [-0.15, -0.1) is 0 Å². The van der Waals surface area contributed by atoms with Crippen LogP contribution in [0.25, 0.3) is 0 Å². The second-order valence-corrected chi connectivity index (χ2v) is 8.67. The molecule has 0 aromatic carbocycles. The maximum Gasteiger partial charge on any atom is 0.326 e. The summed E-state index contributed by atoms with van der Waals surface area (Å²) in [5.74, 6) is -3.68. The zero-order valence-corrected chi connectivity index (χ0v) is 20.5. The van der Waals surface area contributed by atoms with Crippen LogP contribution in [0.3, 0.4) is 0 Å². The van der Waals surface area contributed by atoms with E-state index in [1.807, 2.05) is 6.92 Å². The number of hydrogen-bond acceptors (Lipinski definition) is 8. The molecule has 1 aromatic heterocycles. The van der Waals surface area contributed by atoms with Gasteiger partial charge < -0.3 is 42.6 Å². The van der Waals surface area contributed by atoms with Gasteiger partial charge in [-0.3, -0.25) is 14.4 Å². The molecule has 35 heavy (non-hydrogen) atoms. The summed E-state index contributed by atoms with van der Waals surface area (Å²) in [5.41, 5.74) is 11.9. The van der Waals surface area contributed by atoms with Gasteiger partial charge in [-0.1, -0.05) is 26.7 Å². The molecule has 0 radical (unpaired) electrons. The molecule has 1 rings (SSSR count). The van der Waals surface area contributed by atoms with Crippen LogP contribution in [0.5, 0.6) is 0 Å². The number of aromatic amines is 1. The molecule has 0 aliphatic heterocycles. The van der Waals surface area contributed by atoms with Gasteiger partial charge in [0.2, 0.25) is 17.7 Å². The number of amides is 3. The standard InChI is InChI=1S/C22H39N7O6/c1-4-12(2)17(28-19(31)15(24)7-5-6-8-23)20(32)29-18(13(3)30)21(33)27-16(22(34)35)9-14-10-25-11-26-14/h10-13,15-18,30H,4-9,23-24H2,1-3H3,(H,25,26)(H,27,33)(H,28,31)(H,29,32)(H,34,35). The molecule has 1 heterocycles. The van der Waals surface area contributed by atoms with Crippen molar-refractivity contribution in [3.05, 3.63) is 18.2 Å². The van der Waals surface area contributed by atoms with Crippen molar-refractivity contribution in [2.24, 2.45) is 17.4 Å². The number of nitrogens with one attached hydrogen (secondary N) is 4. The minimum Gasteiger partial charge on any atom is -0.480 e. The molecule has 0 saturated carbocycles. The van der Waals surface area contributed by atoms with Gasteiger partial charge in [-0.2, -0.15) is 0 Å². The number of hydrogen-bond donors (Lipinski definition) is 8. The van der Waals surface area contributed by atoms with Gasteiger partial charge in [0.15, 0.2) is 0 Å². The second-order valence-electron chi connectivity index (χ2n) is 8.67. The van der Waals surface area contributed by atoms with Crippen molar-refractivity contribution in [1.29, 1.82) is 0 Å². The lowest BCUT2D eigenvalue weighted by Crippen LogP contribution is -2.61. The van der Waals surface area contributed by atoms with Gasteiger partial charge >= 0.3 is 5.97 Å². The first-order valence-electron chi connectivity index (χ1n) is 11.8. The van der Waals surface area contributed by atoms with Crippen molar-refractivity contribution >= 4 is 23.7 Å². The lowest BCUT2D eigenvalue weighted by Gasteiger charge is -2.29. The highest BCUT2D eigenvalue weighted by molar-refractivity contribution is 5.94. The predicted octanol–water partition coefficient (Wildman–Crippen LogP) is -1.63. The number of carbonyl (C=O) groups excluding carboxylic acids is 3. The number of carbonyl (C=O) groups is 4. The van der Waals surface area contributed by atoms with Crippen molar-refractivity contribution in [1.82, 2.24) is 25.9 Å². The Labute approximate surface area is 204 Å². The maximum absolute atomic E-state index is 13.1. The van der Waals surface area contributed by atoms with E-state index >= 15 is 0 Å². The van der Waals surface area contributed by atoms with E-state index < -0.39 is 54.0 Å². The van der Waals surface area contributed by atoms with Crippen molar-refractivity contribution in [2.75, 3.05) is 6.54 Å². The quantitative estimate of drug-likeness (QED) is 0.123. The molecule has 198 valence electrons. The molecular weight excluding hydrogens is 458 g/mol. The molecule has 6 unspecified atom stereocenters. The summed E-state index contributed by atoms with van der Waals surface area (Å²) in [7, 11) is 0. The summed E-state index contributed by atoms with van der Waals surface area (Å²) < 4.78 is 0. The fourth-order valence-corrected chi connectivity index (χ4v) is 3.33. The average Bonchev–Trinajstić information content (AvgIpc) is 3.32. The Balaban J connectivity index is 2.91. The van der Waals surface area contributed by atoms with Crippen LogP contribution in [-0.2, 0) is 25.6 Å². The first-order valence-corrected chi connectivity index (χ1v) is 11.8. The molecular formula is C22H39N7O6. The number of H-pyrrole nitrogens is 1. The normalized spacial score (nSPS) is 16.3. The molecule has 1 aromatic rings. The number of aromatic nitrogens is 2. The van der Waals surface area contributed by atoms with Crippen LogP contribution in [0.15, 0.2) is 12.5 Å². The molecule has 0 aliphatic carbocycles. The van der Waals surface area contributed by atoms with Crippen molar-refractivity contribution in [3.63, 3.8) is 0 Å². The van der Waals surface area contributed by atoms with Crippen LogP contribution in [0, 0.1) is 5.92 Å². The van der Waals surface area contributed by atoms with Crippen LogP contribution in [0.4, 0.5) is 0 Å². The third kappa shape index (κ3) is 10.0. The van der Waals surface area contributed by atoms with Crippen molar-refractivity contribution < 1.29 is 29.4 Å². The van der Waals surface area contributed by atoms with Gasteiger partial charge in [0, 0.05) is 18.3 Å². The molecule has 0 aliphatic rings. The lowest BCUT2D eigenvalue weighted by atomic mass is 9.96. The third-order valence-electron chi connectivity index (χ3n) is 5.76. The van der Waals surface area contributed by atoms with Gasteiger partial charge in [0.05, 0.1) is 18.5 Å². The molecule has 0 fully saturated rings. The molecule has 0 saturated heterocycles. The number of carboxylic acid groups (broad SMARTS) is 1. The Morgan fingerprint density at radius 3 is 2.20 bits per heavy atom. The van der Waals surface area contributed by atoms with Crippen molar-refractivity contribution in [2.45, 2.75) is 83.1 Å². The molecule has 13 nitrogen and oxygen atoms in total. The fraction of sp³-hybridized carbons (Fsp3) is 0.682. The van der Waals surface area contributed by atoms with E-state index in [2.05, 4.69) is 25.9 Å². The molecule has 3 amide bonds. The minimum absolute atomic E-state index is 0.0743. The molecule has 10 N–H and O–H groups in total.